The van der Waals surface area contributed by atoms with Gasteiger partial charge in [-0.1, -0.05) is 0 Å². The SMILES string of the molecule is CN(C(=O)N1CCOCC1)c1ccc(C(=O)O)cc1. The third-order valence-electron chi connectivity index (χ3n) is 3.07. The maximum Gasteiger partial charge on any atom is 0.335 e. The maximum atomic E-state index is 12.2. The number of carboxylic acids is 1. The lowest BCUT2D eigenvalue weighted by molar-refractivity contribution is 0.0551. The molecule has 2 rings (SSSR count). The molecule has 0 spiro atoms. The molecular weight excluding hydrogens is 248 g/mol. The van der Waals surface area contributed by atoms with E-state index in [4.69, 9.17) is 9.84 Å². The van der Waals surface area contributed by atoms with Gasteiger partial charge >= 0.3 is 12.0 Å². The highest BCUT2D eigenvalue weighted by atomic mass is 16.5. The van der Waals surface area contributed by atoms with E-state index < -0.39 is 5.97 Å². The van der Waals surface area contributed by atoms with Gasteiger partial charge < -0.3 is 14.7 Å². The van der Waals surface area contributed by atoms with Gasteiger partial charge in [0.1, 0.15) is 0 Å². The number of urea groups is 1. The lowest BCUT2D eigenvalue weighted by atomic mass is 10.2. The standard InChI is InChI=1S/C13H16N2O4/c1-14(13(18)15-6-8-19-9-7-15)11-4-2-10(3-5-11)12(16)17/h2-5H,6-9H2,1H3,(H,16,17). The Morgan fingerprint density at radius 1 is 1.21 bits per heavy atom. The molecule has 0 saturated carbocycles. The first kappa shape index (κ1) is 13.4. The van der Waals surface area contributed by atoms with Gasteiger partial charge in [0, 0.05) is 25.8 Å². The van der Waals surface area contributed by atoms with Crippen LogP contribution in [0.5, 0.6) is 0 Å². The summed E-state index contributed by atoms with van der Waals surface area (Å²) >= 11 is 0. The largest absolute Gasteiger partial charge is 0.478 e. The van der Waals surface area contributed by atoms with Crippen LogP contribution in [0, 0.1) is 0 Å². The van der Waals surface area contributed by atoms with E-state index in [2.05, 4.69) is 0 Å². The van der Waals surface area contributed by atoms with E-state index in [1.165, 1.54) is 17.0 Å². The second-order valence-corrected chi connectivity index (χ2v) is 4.29. The summed E-state index contributed by atoms with van der Waals surface area (Å²) in [5, 5.41) is 8.82. The minimum absolute atomic E-state index is 0.105. The van der Waals surface area contributed by atoms with Crippen LogP contribution in [-0.2, 0) is 4.74 Å². The first-order valence-electron chi connectivity index (χ1n) is 6.03. The molecule has 1 aromatic carbocycles. The number of aromatic carboxylic acids is 1. The van der Waals surface area contributed by atoms with Crippen molar-refractivity contribution in [3.05, 3.63) is 29.8 Å². The molecule has 19 heavy (non-hydrogen) atoms. The Morgan fingerprint density at radius 3 is 2.32 bits per heavy atom. The molecule has 2 amide bonds. The molecule has 0 bridgehead atoms. The summed E-state index contributed by atoms with van der Waals surface area (Å²) in [6, 6.07) is 6.12. The van der Waals surface area contributed by atoms with Crippen LogP contribution in [0.15, 0.2) is 24.3 Å². The van der Waals surface area contributed by atoms with Crippen LogP contribution in [0.25, 0.3) is 0 Å². The summed E-state index contributed by atoms with van der Waals surface area (Å²) in [7, 11) is 1.67. The van der Waals surface area contributed by atoms with Crippen LogP contribution in [0.4, 0.5) is 10.5 Å². The van der Waals surface area contributed by atoms with E-state index in [1.54, 1.807) is 24.1 Å². The Kier molecular flexibility index (Phi) is 4.01. The number of rotatable bonds is 2. The molecule has 0 aliphatic carbocycles. The number of ether oxygens (including phenoxy) is 1. The van der Waals surface area contributed by atoms with Gasteiger partial charge in [0.25, 0.3) is 0 Å². The molecular formula is C13H16N2O4. The highest BCUT2D eigenvalue weighted by Gasteiger charge is 2.21. The Bertz CT molecular complexity index is 466. The Morgan fingerprint density at radius 2 is 1.79 bits per heavy atom. The molecule has 0 radical (unpaired) electrons. The highest BCUT2D eigenvalue weighted by Crippen LogP contribution is 2.16. The predicted molar refractivity (Wildman–Crippen MR) is 69.6 cm³/mol. The molecule has 1 fully saturated rings. The Hall–Kier alpha value is -2.08. The van der Waals surface area contributed by atoms with Gasteiger partial charge in [0.05, 0.1) is 18.8 Å². The van der Waals surface area contributed by atoms with Crippen molar-refractivity contribution in [3.8, 4) is 0 Å². The fourth-order valence-corrected chi connectivity index (χ4v) is 1.90. The number of carbonyl (C=O) groups excluding carboxylic acids is 1. The normalized spacial score (nSPS) is 15.1. The molecule has 1 saturated heterocycles. The number of anilines is 1. The quantitative estimate of drug-likeness (QED) is 0.873. The van der Waals surface area contributed by atoms with Gasteiger partial charge in [0.15, 0.2) is 0 Å². The molecule has 6 heteroatoms. The number of benzene rings is 1. The molecule has 1 heterocycles. The topological polar surface area (TPSA) is 70.1 Å². The van der Waals surface area contributed by atoms with Crippen LogP contribution in [0.1, 0.15) is 10.4 Å². The molecule has 0 aromatic heterocycles. The number of nitrogens with zero attached hydrogens (tertiary/aromatic N) is 2. The van der Waals surface area contributed by atoms with Crippen LogP contribution in [0.2, 0.25) is 0 Å². The first-order chi connectivity index (χ1) is 9.09. The molecule has 6 nitrogen and oxygen atoms in total. The number of hydrogen-bond donors (Lipinski definition) is 1. The zero-order chi connectivity index (χ0) is 13.8. The Balaban J connectivity index is 2.07. The fraction of sp³-hybridized carbons (Fsp3) is 0.385. The second-order valence-electron chi connectivity index (χ2n) is 4.29. The smallest absolute Gasteiger partial charge is 0.335 e. The van der Waals surface area contributed by atoms with Crippen LogP contribution in [0.3, 0.4) is 0 Å². The lowest BCUT2D eigenvalue weighted by Gasteiger charge is -2.31. The second kappa shape index (κ2) is 5.71. The van der Waals surface area contributed by atoms with Gasteiger partial charge in [-0.3, -0.25) is 4.90 Å². The van der Waals surface area contributed by atoms with Crippen molar-refractivity contribution in [1.29, 1.82) is 0 Å². The lowest BCUT2D eigenvalue weighted by Crippen LogP contribution is -2.47. The Labute approximate surface area is 111 Å². The maximum absolute atomic E-state index is 12.2. The third-order valence-corrected chi connectivity index (χ3v) is 3.07. The zero-order valence-electron chi connectivity index (χ0n) is 10.7. The number of amides is 2. The molecule has 1 aliphatic rings. The van der Waals surface area contributed by atoms with E-state index in [1.807, 2.05) is 0 Å². The minimum Gasteiger partial charge on any atom is -0.478 e. The predicted octanol–water partition coefficient (Wildman–Crippen LogP) is 1.27. The molecule has 0 unspecified atom stereocenters. The van der Waals surface area contributed by atoms with E-state index >= 15 is 0 Å². The van der Waals surface area contributed by atoms with E-state index in [-0.39, 0.29) is 11.6 Å². The van der Waals surface area contributed by atoms with E-state index in [9.17, 15) is 9.59 Å². The van der Waals surface area contributed by atoms with Crippen molar-refractivity contribution in [3.63, 3.8) is 0 Å². The van der Waals surface area contributed by atoms with Crippen LogP contribution < -0.4 is 4.90 Å². The summed E-state index contributed by atoms with van der Waals surface area (Å²) < 4.78 is 5.20. The summed E-state index contributed by atoms with van der Waals surface area (Å²) in [6.07, 6.45) is 0. The fourth-order valence-electron chi connectivity index (χ4n) is 1.90. The number of carboxylic acid groups (broad SMARTS) is 1. The summed E-state index contributed by atoms with van der Waals surface area (Å²) in [5.41, 5.74) is 0.873. The number of hydrogen-bond acceptors (Lipinski definition) is 3. The van der Waals surface area contributed by atoms with E-state index in [0.29, 0.717) is 32.0 Å². The molecule has 0 atom stereocenters. The van der Waals surface area contributed by atoms with E-state index in [0.717, 1.165) is 0 Å². The minimum atomic E-state index is -0.978. The number of morpholine rings is 1. The van der Waals surface area contributed by atoms with Crippen molar-refractivity contribution >= 4 is 17.7 Å². The summed E-state index contributed by atoms with van der Waals surface area (Å²) in [4.78, 5) is 26.2. The van der Waals surface area contributed by atoms with Crippen LogP contribution in [-0.4, -0.2) is 55.4 Å². The monoisotopic (exact) mass is 264 g/mol. The van der Waals surface area contributed by atoms with Gasteiger partial charge in [-0.25, -0.2) is 9.59 Å². The van der Waals surface area contributed by atoms with Gasteiger partial charge in [-0.2, -0.15) is 0 Å². The van der Waals surface area contributed by atoms with Crippen molar-refractivity contribution in [2.75, 3.05) is 38.3 Å². The first-order valence-corrected chi connectivity index (χ1v) is 6.03. The van der Waals surface area contributed by atoms with Gasteiger partial charge in [-0.15, -0.1) is 0 Å². The van der Waals surface area contributed by atoms with Crippen molar-refractivity contribution < 1.29 is 19.4 Å². The summed E-state index contributed by atoms with van der Waals surface area (Å²) in [6.45, 7) is 2.27. The van der Waals surface area contributed by atoms with Crippen LogP contribution >= 0.6 is 0 Å². The van der Waals surface area contributed by atoms with Gasteiger partial charge in [-0.05, 0) is 24.3 Å². The highest BCUT2D eigenvalue weighted by molar-refractivity contribution is 5.93. The van der Waals surface area contributed by atoms with Crippen molar-refractivity contribution in [1.82, 2.24) is 4.90 Å². The molecule has 1 N–H and O–H groups in total. The zero-order valence-corrected chi connectivity index (χ0v) is 10.7. The average Bonchev–Trinajstić information content (AvgIpc) is 2.46. The molecule has 102 valence electrons. The third kappa shape index (κ3) is 3.03. The van der Waals surface area contributed by atoms with Gasteiger partial charge in [0.2, 0.25) is 0 Å². The van der Waals surface area contributed by atoms with Crippen molar-refractivity contribution in [2.24, 2.45) is 0 Å². The summed E-state index contributed by atoms with van der Waals surface area (Å²) in [5.74, 6) is -0.978. The van der Waals surface area contributed by atoms with Crippen molar-refractivity contribution in [2.45, 2.75) is 0 Å². The average molecular weight is 264 g/mol. The number of carbonyl (C=O) groups is 2. The molecule has 1 aromatic rings. The molecule has 1 aliphatic heterocycles.